The van der Waals surface area contributed by atoms with Crippen LogP contribution in [0.2, 0.25) is 0 Å². The molecule has 0 fully saturated rings. The number of fused-ring (bicyclic) bond motifs is 1. The summed E-state index contributed by atoms with van der Waals surface area (Å²) < 4.78 is 1.68. The van der Waals surface area contributed by atoms with Crippen molar-refractivity contribution in [1.29, 1.82) is 0 Å². The number of para-hydroxylation sites is 2. The number of hydrogen-bond donors (Lipinski definition) is 1. The van der Waals surface area contributed by atoms with E-state index in [4.69, 9.17) is 5.10 Å². The summed E-state index contributed by atoms with van der Waals surface area (Å²) in [4.78, 5) is 18.7. The predicted octanol–water partition coefficient (Wildman–Crippen LogP) is 5.40. The molecule has 29 heavy (non-hydrogen) atoms. The van der Waals surface area contributed by atoms with Gasteiger partial charge in [-0.3, -0.25) is 9.78 Å². The van der Waals surface area contributed by atoms with Gasteiger partial charge in [-0.15, -0.1) is 11.3 Å². The molecular weight excluding hydrogens is 380 g/mol. The Bertz CT molecular complexity index is 1290. The fourth-order valence-corrected chi connectivity index (χ4v) is 3.93. The van der Waals surface area contributed by atoms with E-state index in [1.54, 1.807) is 22.2 Å². The third kappa shape index (κ3) is 3.30. The van der Waals surface area contributed by atoms with Crippen molar-refractivity contribution in [3.05, 3.63) is 96.1 Å². The van der Waals surface area contributed by atoms with Gasteiger partial charge in [0.15, 0.2) is 0 Å². The number of thiophene rings is 1. The van der Waals surface area contributed by atoms with Crippen LogP contribution in [0.4, 0.5) is 5.69 Å². The van der Waals surface area contributed by atoms with Crippen molar-refractivity contribution >= 4 is 33.8 Å². The average Bonchev–Trinajstić information content (AvgIpc) is 3.45. The maximum absolute atomic E-state index is 13.2. The molecule has 0 atom stereocenters. The lowest BCUT2D eigenvalue weighted by atomic mass is 10.2. The normalized spacial score (nSPS) is 10.9. The number of anilines is 1. The first-order valence-corrected chi connectivity index (χ1v) is 10.0. The van der Waals surface area contributed by atoms with E-state index >= 15 is 0 Å². The number of carbonyl (C=O) groups is 1. The number of carbonyl (C=O) groups excluding carboxylic acids is 1. The van der Waals surface area contributed by atoms with E-state index in [-0.39, 0.29) is 5.91 Å². The molecule has 3 heterocycles. The molecule has 1 N–H and O–H groups in total. The summed E-state index contributed by atoms with van der Waals surface area (Å²) >= 11 is 1.59. The highest BCUT2D eigenvalue weighted by molar-refractivity contribution is 7.13. The van der Waals surface area contributed by atoms with Crippen LogP contribution in [0.25, 0.3) is 27.2 Å². The standard InChI is InChI=1S/C23H16N4OS/c28-23(25-18-11-4-7-16-8-5-13-24-22(16)18)20-15-19(21-12-6-14-29-21)26-27(20)17-9-2-1-3-10-17/h1-15H,(H,25,28). The first-order chi connectivity index (χ1) is 14.3. The quantitative estimate of drug-likeness (QED) is 0.442. The fraction of sp³-hybridized carbons (Fsp3) is 0. The van der Waals surface area contributed by atoms with E-state index in [1.807, 2.05) is 84.2 Å². The lowest BCUT2D eigenvalue weighted by Crippen LogP contribution is -2.17. The molecule has 0 radical (unpaired) electrons. The highest BCUT2D eigenvalue weighted by Gasteiger charge is 2.19. The Hall–Kier alpha value is -3.77. The molecule has 6 heteroatoms. The first-order valence-electron chi connectivity index (χ1n) is 9.14. The van der Waals surface area contributed by atoms with E-state index in [9.17, 15) is 4.79 Å². The van der Waals surface area contributed by atoms with Crippen LogP contribution in [0.15, 0.2) is 90.4 Å². The number of aromatic nitrogens is 3. The molecular formula is C23H16N4OS. The summed E-state index contributed by atoms with van der Waals surface area (Å²) in [5, 5.41) is 10.7. The molecule has 0 unspecified atom stereocenters. The third-order valence-electron chi connectivity index (χ3n) is 4.60. The van der Waals surface area contributed by atoms with Gasteiger partial charge in [-0.1, -0.05) is 42.5 Å². The van der Waals surface area contributed by atoms with Crippen molar-refractivity contribution in [3.8, 4) is 16.3 Å². The Morgan fingerprint density at radius 3 is 2.62 bits per heavy atom. The van der Waals surface area contributed by atoms with Gasteiger partial charge >= 0.3 is 0 Å². The molecule has 0 aliphatic heterocycles. The minimum Gasteiger partial charge on any atom is -0.319 e. The lowest BCUT2D eigenvalue weighted by molar-refractivity contribution is 0.102. The van der Waals surface area contributed by atoms with Crippen LogP contribution in [-0.2, 0) is 0 Å². The first kappa shape index (κ1) is 17.3. The van der Waals surface area contributed by atoms with Crippen molar-refractivity contribution in [2.24, 2.45) is 0 Å². The summed E-state index contributed by atoms with van der Waals surface area (Å²) in [5.41, 5.74) is 3.49. The van der Waals surface area contributed by atoms with Gasteiger partial charge in [-0.2, -0.15) is 5.10 Å². The zero-order valence-electron chi connectivity index (χ0n) is 15.3. The van der Waals surface area contributed by atoms with Gasteiger partial charge in [-0.25, -0.2) is 4.68 Å². The average molecular weight is 396 g/mol. The summed E-state index contributed by atoms with van der Waals surface area (Å²) in [5.74, 6) is -0.234. The van der Waals surface area contributed by atoms with Crippen LogP contribution in [0.5, 0.6) is 0 Å². The second kappa shape index (κ2) is 7.33. The maximum atomic E-state index is 13.2. The van der Waals surface area contributed by atoms with Crippen LogP contribution in [0.3, 0.4) is 0 Å². The zero-order valence-corrected chi connectivity index (χ0v) is 16.1. The molecule has 5 rings (SSSR count). The van der Waals surface area contributed by atoms with Crippen molar-refractivity contribution in [2.75, 3.05) is 5.32 Å². The zero-order chi connectivity index (χ0) is 19.6. The van der Waals surface area contributed by atoms with Gasteiger partial charge in [0, 0.05) is 11.6 Å². The molecule has 2 aromatic carbocycles. The van der Waals surface area contributed by atoms with Gasteiger partial charge in [-0.05, 0) is 41.8 Å². The van der Waals surface area contributed by atoms with Crippen molar-refractivity contribution in [3.63, 3.8) is 0 Å². The van der Waals surface area contributed by atoms with E-state index in [0.717, 1.165) is 27.2 Å². The summed E-state index contributed by atoms with van der Waals surface area (Å²) in [6.07, 6.45) is 1.72. The molecule has 0 saturated heterocycles. The number of benzene rings is 2. The number of amides is 1. The van der Waals surface area contributed by atoms with Crippen LogP contribution in [-0.4, -0.2) is 20.7 Å². The molecule has 0 saturated carbocycles. The van der Waals surface area contributed by atoms with Gasteiger partial charge in [0.25, 0.3) is 5.91 Å². The van der Waals surface area contributed by atoms with Crippen LogP contribution in [0, 0.1) is 0 Å². The van der Waals surface area contributed by atoms with Crippen molar-refractivity contribution in [2.45, 2.75) is 0 Å². The summed E-state index contributed by atoms with van der Waals surface area (Å²) in [7, 11) is 0. The van der Waals surface area contributed by atoms with Crippen LogP contribution < -0.4 is 5.32 Å². The van der Waals surface area contributed by atoms with Crippen LogP contribution >= 0.6 is 11.3 Å². The number of nitrogens with zero attached hydrogens (tertiary/aromatic N) is 3. The molecule has 140 valence electrons. The molecule has 0 aliphatic rings. The van der Waals surface area contributed by atoms with Gasteiger partial charge in [0.2, 0.25) is 0 Å². The van der Waals surface area contributed by atoms with E-state index in [2.05, 4.69) is 10.3 Å². The fourth-order valence-electron chi connectivity index (χ4n) is 3.25. The highest BCUT2D eigenvalue weighted by atomic mass is 32.1. The van der Waals surface area contributed by atoms with E-state index in [1.165, 1.54) is 0 Å². The highest BCUT2D eigenvalue weighted by Crippen LogP contribution is 2.27. The third-order valence-corrected chi connectivity index (χ3v) is 5.49. The molecule has 0 bridgehead atoms. The summed E-state index contributed by atoms with van der Waals surface area (Å²) in [6, 6.07) is 25.1. The van der Waals surface area contributed by atoms with Gasteiger partial charge in [0.1, 0.15) is 11.4 Å². The number of rotatable bonds is 4. The predicted molar refractivity (Wildman–Crippen MR) is 117 cm³/mol. The molecule has 0 aliphatic carbocycles. The van der Waals surface area contributed by atoms with Gasteiger partial charge in [0.05, 0.1) is 21.8 Å². The molecule has 0 spiro atoms. The lowest BCUT2D eigenvalue weighted by Gasteiger charge is -2.10. The smallest absolute Gasteiger partial charge is 0.274 e. The van der Waals surface area contributed by atoms with Crippen LogP contribution in [0.1, 0.15) is 10.5 Å². The minimum absolute atomic E-state index is 0.234. The van der Waals surface area contributed by atoms with E-state index in [0.29, 0.717) is 11.4 Å². The van der Waals surface area contributed by atoms with Crippen molar-refractivity contribution < 1.29 is 4.79 Å². The second-order valence-electron chi connectivity index (χ2n) is 6.47. The Morgan fingerprint density at radius 2 is 1.79 bits per heavy atom. The Balaban J connectivity index is 1.58. The Kier molecular flexibility index (Phi) is 4.38. The Labute approximate surface area is 171 Å². The second-order valence-corrected chi connectivity index (χ2v) is 7.42. The van der Waals surface area contributed by atoms with E-state index < -0.39 is 0 Å². The topological polar surface area (TPSA) is 59.8 Å². The maximum Gasteiger partial charge on any atom is 0.274 e. The number of nitrogens with one attached hydrogen (secondary N) is 1. The largest absolute Gasteiger partial charge is 0.319 e. The molecule has 5 aromatic rings. The summed E-state index contributed by atoms with van der Waals surface area (Å²) in [6.45, 7) is 0. The molecule has 1 amide bonds. The Morgan fingerprint density at radius 1 is 0.931 bits per heavy atom. The SMILES string of the molecule is O=C(Nc1cccc2cccnc12)c1cc(-c2cccs2)nn1-c1ccccc1. The number of hydrogen-bond acceptors (Lipinski definition) is 4. The van der Waals surface area contributed by atoms with Gasteiger partial charge < -0.3 is 5.32 Å². The van der Waals surface area contributed by atoms with Crippen molar-refractivity contribution in [1.82, 2.24) is 14.8 Å². The minimum atomic E-state index is -0.234. The molecule has 5 nitrogen and oxygen atoms in total. The molecule has 3 aromatic heterocycles. The monoisotopic (exact) mass is 396 g/mol. The number of pyridine rings is 1.